The Bertz CT molecular complexity index is 796. The summed E-state index contributed by atoms with van der Waals surface area (Å²) in [4.78, 5) is 13.3. The zero-order valence-electron chi connectivity index (χ0n) is 23.5. The largest absolute Gasteiger partial charge is 0.459 e. The van der Waals surface area contributed by atoms with Gasteiger partial charge in [0.15, 0.2) is 6.29 Å². The number of aliphatic hydroxyl groups excluding tert-OH is 3. The van der Waals surface area contributed by atoms with Gasteiger partial charge in [-0.25, -0.2) is 0 Å². The molecule has 3 rings (SSSR count). The Morgan fingerprint density at radius 1 is 1.16 bits per heavy atom. The first-order chi connectivity index (χ1) is 17.0. The fraction of sp³-hybridized carbons (Fsp3) is 0.963. The summed E-state index contributed by atoms with van der Waals surface area (Å²) in [5.74, 6) is -2.77. The second kappa shape index (κ2) is 11.3. The minimum atomic E-state index is -1.74. The number of rotatable bonds is 5. The molecule has 0 spiro atoms. The fourth-order valence-corrected chi connectivity index (χ4v) is 6.75. The van der Waals surface area contributed by atoms with Crippen molar-refractivity contribution in [1.82, 2.24) is 0 Å². The lowest BCUT2D eigenvalue weighted by Crippen LogP contribution is -2.58. The molecule has 0 aromatic rings. The summed E-state index contributed by atoms with van der Waals surface area (Å²) < 4.78 is 24.9. The van der Waals surface area contributed by atoms with E-state index in [9.17, 15) is 25.2 Å². The monoisotopic (exact) mass is 531 g/mol. The lowest BCUT2D eigenvalue weighted by Gasteiger charge is -2.45. The van der Waals surface area contributed by atoms with Crippen molar-refractivity contribution in [3.8, 4) is 0 Å². The number of ether oxygens (including phenoxy) is 4. The predicted molar refractivity (Wildman–Crippen MR) is 135 cm³/mol. The molecule has 2 bridgehead atoms. The predicted octanol–water partition coefficient (Wildman–Crippen LogP) is 1.09. The molecule has 0 aromatic heterocycles. The smallest absolute Gasteiger partial charge is 0.311 e. The highest BCUT2D eigenvalue weighted by Crippen LogP contribution is 2.47. The standard InChI is InChI=1S/C27H49NO9/c1-9-18(29)27(8,33)23-16(6)21-12(2)11-26(7,37-21)22(14(4)19(30)15(5)24(32)35-23)36-25-20(31)17(28)10-13(3)34-25/h12-23,25,29-31,33H,9-11,28H2,1-8H3/t12?,13?,14-,15+,16-,17?,18+,19-,20?,21?,22+,23+,25-,26+,27+/m0/s1. The van der Waals surface area contributed by atoms with Crippen LogP contribution in [0.3, 0.4) is 0 Å². The van der Waals surface area contributed by atoms with Crippen LogP contribution in [-0.2, 0) is 23.7 Å². The molecule has 3 aliphatic heterocycles. The summed E-state index contributed by atoms with van der Waals surface area (Å²) in [6.45, 7) is 14.2. The van der Waals surface area contributed by atoms with E-state index in [4.69, 9.17) is 24.7 Å². The van der Waals surface area contributed by atoms with Gasteiger partial charge in [0.05, 0.1) is 42.0 Å². The van der Waals surface area contributed by atoms with E-state index in [0.29, 0.717) is 12.8 Å². The molecule has 3 heterocycles. The quantitative estimate of drug-likeness (QED) is 0.325. The number of esters is 1. The number of hydrogen-bond acceptors (Lipinski definition) is 10. The molecule has 3 saturated heterocycles. The third kappa shape index (κ3) is 5.87. The van der Waals surface area contributed by atoms with Crippen LogP contribution in [0.15, 0.2) is 0 Å². The molecule has 0 saturated carbocycles. The Hall–Kier alpha value is -0.850. The van der Waals surface area contributed by atoms with E-state index in [1.54, 1.807) is 20.8 Å². The molecule has 10 heteroatoms. The van der Waals surface area contributed by atoms with Crippen molar-refractivity contribution in [3.63, 3.8) is 0 Å². The first-order valence-corrected chi connectivity index (χ1v) is 13.8. The van der Waals surface area contributed by atoms with Gasteiger partial charge >= 0.3 is 5.97 Å². The van der Waals surface area contributed by atoms with E-state index >= 15 is 0 Å². The third-order valence-electron chi connectivity index (χ3n) is 9.04. The molecule has 0 radical (unpaired) electrons. The summed E-state index contributed by atoms with van der Waals surface area (Å²) >= 11 is 0. The normalized spacial score (nSPS) is 50.0. The van der Waals surface area contributed by atoms with Gasteiger partial charge in [-0.3, -0.25) is 4.79 Å². The van der Waals surface area contributed by atoms with Crippen LogP contribution in [0.2, 0.25) is 0 Å². The second-order valence-corrected chi connectivity index (χ2v) is 12.3. The Kier molecular flexibility index (Phi) is 9.40. The van der Waals surface area contributed by atoms with Gasteiger partial charge in [0.25, 0.3) is 0 Å². The molecule has 0 aliphatic carbocycles. The molecule has 37 heavy (non-hydrogen) atoms. The number of cyclic esters (lactones) is 1. The molecule has 6 N–H and O–H groups in total. The maximum Gasteiger partial charge on any atom is 0.311 e. The van der Waals surface area contributed by atoms with Crippen LogP contribution in [-0.4, -0.2) is 92.7 Å². The summed E-state index contributed by atoms with van der Waals surface area (Å²) in [7, 11) is 0. The maximum absolute atomic E-state index is 13.3. The van der Waals surface area contributed by atoms with E-state index in [1.165, 1.54) is 6.92 Å². The first kappa shape index (κ1) is 30.7. The highest BCUT2D eigenvalue weighted by molar-refractivity contribution is 5.73. The number of carbonyl (C=O) groups is 1. The van der Waals surface area contributed by atoms with Gasteiger partial charge in [0, 0.05) is 17.9 Å². The molecule has 0 aromatic carbocycles. The molecule has 3 aliphatic rings. The van der Waals surface area contributed by atoms with Crippen LogP contribution in [0.1, 0.15) is 74.7 Å². The minimum Gasteiger partial charge on any atom is -0.459 e. The van der Waals surface area contributed by atoms with Crippen molar-refractivity contribution in [2.45, 2.75) is 141 Å². The van der Waals surface area contributed by atoms with Gasteiger partial charge in [0.1, 0.15) is 17.8 Å². The number of aliphatic hydroxyl groups is 4. The molecule has 3 fully saturated rings. The van der Waals surface area contributed by atoms with Crippen molar-refractivity contribution < 1.29 is 44.2 Å². The summed E-state index contributed by atoms with van der Waals surface area (Å²) in [5, 5.41) is 44.1. The highest BCUT2D eigenvalue weighted by atomic mass is 16.7. The van der Waals surface area contributed by atoms with E-state index in [0.717, 1.165) is 0 Å². The van der Waals surface area contributed by atoms with Crippen molar-refractivity contribution >= 4 is 5.97 Å². The van der Waals surface area contributed by atoms with Crippen LogP contribution < -0.4 is 5.73 Å². The number of fused-ring (bicyclic) bond motifs is 2. The van der Waals surface area contributed by atoms with Crippen LogP contribution in [0.25, 0.3) is 0 Å². The van der Waals surface area contributed by atoms with Gasteiger partial charge in [-0.15, -0.1) is 0 Å². The van der Waals surface area contributed by atoms with Crippen molar-refractivity contribution in [2.75, 3.05) is 0 Å². The number of nitrogens with two attached hydrogens (primary N) is 1. The second-order valence-electron chi connectivity index (χ2n) is 12.3. The van der Waals surface area contributed by atoms with Crippen LogP contribution in [0, 0.1) is 23.7 Å². The Morgan fingerprint density at radius 3 is 2.38 bits per heavy atom. The van der Waals surface area contributed by atoms with Gasteiger partial charge in [-0.05, 0) is 52.9 Å². The van der Waals surface area contributed by atoms with Crippen LogP contribution >= 0.6 is 0 Å². The van der Waals surface area contributed by atoms with Gasteiger partial charge in [-0.2, -0.15) is 0 Å². The third-order valence-corrected chi connectivity index (χ3v) is 9.04. The SMILES string of the molecule is CC[C@@H](O)[C@@](C)(O)[C@@H]1OC(=O)[C@H](C)[C@@H](O)[C@H](C)[C@@H](O[C@@H]2OC(C)CC(N)C2O)[C@@]2(C)CC(C)C(O2)[C@@H]1C. The van der Waals surface area contributed by atoms with Crippen LogP contribution in [0.5, 0.6) is 0 Å². The van der Waals surface area contributed by atoms with Gasteiger partial charge in [-0.1, -0.05) is 27.7 Å². The average molecular weight is 532 g/mol. The lowest BCUT2D eigenvalue weighted by molar-refractivity contribution is -0.294. The molecule has 15 atom stereocenters. The molecular weight excluding hydrogens is 482 g/mol. The molecule has 10 nitrogen and oxygen atoms in total. The summed E-state index contributed by atoms with van der Waals surface area (Å²) in [6.07, 6.45) is -5.59. The van der Waals surface area contributed by atoms with Gasteiger partial charge in [0.2, 0.25) is 0 Å². The number of carbonyl (C=O) groups excluding carboxylic acids is 1. The maximum atomic E-state index is 13.3. The Balaban J connectivity index is 2.04. The molecule has 0 amide bonds. The Morgan fingerprint density at radius 2 is 1.78 bits per heavy atom. The van der Waals surface area contributed by atoms with E-state index in [-0.39, 0.29) is 18.4 Å². The molecular formula is C27H49NO9. The lowest BCUT2D eigenvalue weighted by atomic mass is 9.76. The van der Waals surface area contributed by atoms with Crippen LogP contribution in [0.4, 0.5) is 0 Å². The molecule has 5 unspecified atom stereocenters. The van der Waals surface area contributed by atoms with E-state index < -0.39 is 83.9 Å². The zero-order chi connectivity index (χ0) is 28.0. The number of hydrogen-bond donors (Lipinski definition) is 5. The average Bonchev–Trinajstić information content (AvgIpc) is 3.14. The van der Waals surface area contributed by atoms with Gasteiger partial charge < -0.3 is 45.1 Å². The van der Waals surface area contributed by atoms with Crippen molar-refractivity contribution in [1.29, 1.82) is 0 Å². The van der Waals surface area contributed by atoms with Crippen molar-refractivity contribution in [2.24, 2.45) is 29.4 Å². The minimum absolute atomic E-state index is 0.0264. The summed E-state index contributed by atoms with van der Waals surface area (Å²) in [5.41, 5.74) is 3.48. The van der Waals surface area contributed by atoms with E-state index in [1.807, 2.05) is 27.7 Å². The molecule has 216 valence electrons. The Labute approximate surface area is 220 Å². The first-order valence-electron chi connectivity index (χ1n) is 13.8. The summed E-state index contributed by atoms with van der Waals surface area (Å²) in [6, 6.07) is -0.525. The fourth-order valence-electron chi connectivity index (χ4n) is 6.75. The topological polar surface area (TPSA) is 161 Å². The van der Waals surface area contributed by atoms with E-state index in [2.05, 4.69) is 0 Å². The highest BCUT2D eigenvalue weighted by Gasteiger charge is 2.57. The zero-order valence-corrected chi connectivity index (χ0v) is 23.5. The van der Waals surface area contributed by atoms with Crippen molar-refractivity contribution in [3.05, 3.63) is 0 Å².